The van der Waals surface area contributed by atoms with Gasteiger partial charge in [-0.05, 0) is 44.0 Å². The lowest BCUT2D eigenvalue weighted by molar-refractivity contribution is -0.140. The van der Waals surface area contributed by atoms with Crippen LogP contribution in [0.4, 0.5) is 0 Å². The molecule has 0 fully saturated rings. The smallest absolute Gasteiger partial charge is 0.359 e. The molecule has 6 N–H and O–H groups in total. The van der Waals surface area contributed by atoms with Crippen LogP contribution in [0.1, 0.15) is 63.4 Å². The summed E-state index contributed by atoms with van der Waals surface area (Å²) in [6.07, 6.45) is 3.40. The highest BCUT2D eigenvalue weighted by Gasteiger charge is 2.32. The Morgan fingerprint density at radius 1 is 1.00 bits per heavy atom. The fraction of sp³-hybridized carbons (Fsp3) is 0.480. The molecule has 13 heteroatoms. The zero-order valence-electron chi connectivity index (χ0n) is 21.7. The first-order chi connectivity index (χ1) is 18.1. The normalized spacial score (nSPS) is 12.9. The Morgan fingerprint density at radius 3 is 2.34 bits per heavy atom. The molecule has 0 saturated carbocycles. The Bertz CT molecular complexity index is 1140. The lowest BCUT2D eigenvalue weighted by Crippen LogP contribution is -2.44. The lowest BCUT2D eigenvalue weighted by atomic mass is 9.84. The molecule has 210 valence electrons. The minimum Gasteiger partial charge on any atom is -0.493 e. The number of ether oxygens (including phenoxy) is 1. The van der Waals surface area contributed by atoms with Gasteiger partial charge >= 0.3 is 7.60 Å². The van der Waals surface area contributed by atoms with Crippen molar-refractivity contribution in [1.29, 1.82) is 0 Å². The van der Waals surface area contributed by atoms with Gasteiger partial charge in [0.1, 0.15) is 16.8 Å². The summed E-state index contributed by atoms with van der Waals surface area (Å²) < 4.78 is 22.7. The van der Waals surface area contributed by atoms with E-state index in [-0.39, 0.29) is 35.9 Å². The number of furan rings is 1. The Balaban J connectivity index is 2.06. The number of carbonyl (C=O) groups is 3. The van der Waals surface area contributed by atoms with Crippen molar-refractivity contribution < 1.29 is 43.1 Å². The van der Waals surface area contributed by atoms with E-state index >= 15 is 0 Å². The summed E-state index contributed by atoms with van der Waals surface area (Å²) >= 11 is 0. The third-order valence-corrected chi connectivity index (χ3v) is 7.02. The van der Waals surface area contributed by atoms with Gasteiger partial charge in [0.2, 0.25) is 11.8 Å². The lowest BCUT2D eigenvalue weighted by Gasteiger charge is -2.24. The van der Waals surface area contributed by atoms with E-state index in [4.69, 9.17) is 14.4 Å². The molecule has 1 aromatic carbocycles. The van der Waals surface area contributed by atoms with Crippen molar-refractivity contribution in [3.05, 3.63) is 36.1 Å². The number of hydrogen-bond donors (Lipinski definition) is 6. The van der Waals surface area contributed by atoms with Crippen molar-refractivity contribution in [2.45, 2.75) is 52.9 Å². The van der Waals surface area contributed by atoms with Crippen LogP contribution >= 0.6 is 7.60 Å². The number of rotatable bonds is 15. The molecule has 2 aromatic rings. The molecule has 0 aliphatic heterocycles. The second-order valence-electron chi connectivity index (χ2n) is 8.64. The van der Waals surface area contributed by atoms with Crippen LogP contribution in [0.3, 0.4) is 0 Å². The Labute approximate surface area is 221 Å². The molecule has 3 amide bonds. The summed E-state index contributed by atoms with van der Waals surface area (Å²) in [7, 11) is -4.55. The van der Waals surface area contributed by atoms with Gasteiger partial charge in [-0.1, -0.05) is 39.2 Å². The summed E-state index contributed by atoms with van der Waals surface area (Å²) in [5.41, 5.74) is 2.07. The maximum atomic E-state index is 12.8. The SMILES string of the molecule is CCCCC[C@@H](C(=O)NCNC(=O)c1ccc(-c2ccc(P(=O)(O)O)c(OCC)c2)o1)[C@@H](CC)C(=O)NO. The number of hydroxylamine groups is 1. The molecule has 1 aromatic heterocycles. The van der Waals surface area contributed by atoms with E-state index in [0.29, 0.717) is 18.4 Å². The third kappa shape index (κ3) is 8.42. The van der Waals surface area contributed by atoms with Gasteiger partial charge in [-0.25, -0.2) is 5.48 Å². The maximum Gasteiger partial charge on any atom is 0.359 e. The largest absolute Gasteiger partial charge is 0.493 e. The molecule has 0 bridgehead atoms. The molecular weight excluding hydrogens is 517 g/mol. The topological polar surface area (TPSA) is 187 Å². The monoisotopic (exact) mass is 553 g/mol. The Kier molecular flexibility index (Phi) is 12.0. The zero-order chi connectivity index (χ0) is 28.3. The van der Waals surface area contributed by atoms with Gasteiger partial charge in [-0.15, -0.1) is 0 Å². The Morgan fingerprint density at radius 2 is 1.74 bits per heavy atom. The number of hydrogen-bond acceptors (Lipinski definition) is 7. The fourth-order valence-electron chi connectivity index (χ4n) is 4.09. The molecule has 2 rings (SSSR count). The predicted octanol–water partition coefficient (Wildman–Crippen LogP) is 2.68. The van der Waals surface area contributed by atoms with Crippen LogP contribution in [-0.2, 0) is 14.2 Å². The summed E-state index contributed by atoms with van der Waals surface area (Å²) in [4.78, 5) is 56.5. The maximum absolute atomic E-state index is 12.8. The zero-order valence-corrected chi connectivity index (χ0v) is 22.6. The second-order valence-corrected chi connectivity index (χ2v) is 10.2. The molecule has 0 radical (unpaired) electrons. The number of amides is 3. The van der Waals surface area contributed by atoms with E-state index in [0.717, 1.165) is 19.3 Å². The van der Waals surface area contributed by atoms with Gasteiger partial charge in [-0.3, -0.25) is 24.2 Å². The minimum atomic E-state index is -4.55. The van der Waals surface area contributed by atoms with E-state index in [1.165, 1.54) is 30.3 Å². The van der Waals surface area contributed by atoms with Gasteiger partial charge in [0.05, 0.1) is 19.2 Å². The minimum absolute atomic E-state index is 0.0113. The molecule has 0 unspecified atom stereocenters. The molecule has 12 nitrogen and oxygen atoms in total. The van der Waals surface area contributed by atoms with Crippen LogP contribution in [0.15, 0.2) is 34.7 Å². The van der Waals surface area contributed by atoms with E-state index in [9.17, 15) is 28.7 Å². The van der Waals surface area contributed by atoms with Crippen LogP contribution in [0, 0.1) is 11.8 Å². The molecule has 0 aliphatic carbocycles. The van der Waals surface area contributed by atoms with Gasteiger partial charge in [0, 0.05) is 11.5 Å². The van der Waals surface area contributed by atoms with Gasteiger partial charge < -0.3 is 29.6 Å². The van der Waals surface area contributed by atoms with E-state index < -0.39 is 37.2 Å². The van der Waals surface area contributed by atoms with Crippen molar-refractivity contribution >= 4 is 30.6 Å². The molecule has 1 heterocycles. The van der Waals surface area contributed by atoms with Crippen molar-refractivity contribution in [3.63, 3.8) is 0 Å². The molecule has 2 atom stereocenters. The van der Waals surface area contributed by atoms with Crippen molar-refractivity contribution in [2.24, 2.45) is 11.8 Å². The quantitative estimate of drug-likeness (QED) is 0.0634. The first-order valence-corrected chi connectivity index (χ1v) is 14.1. The summed E-state index contributed by atoms with van der Waals surface area (Å²) in [5, 5.41) is 14.0. The van der Waals surface area contributed by atoms with Gasteiger partial charge in [-0.2, -0.15) is 0 Å². The van der Waals surface area contributed by atoms with Crippen LogP contribution in [0.25, 0.3) is 11.3 Å². The van der Waals surface area contributed by atoms with E-state index in [1.54, 1.807) is 19.3 Å². The third-order valence-electron chi connectivity index (χ3n) is 6.03. The molecule has 0 aliphatic rings. The van der Waals surface area contributed by atoms with Crippen molar-refractivity contribution in [2.75, 3.05) is 13.3 Å². The van der Waals surface area contributed by atoms with Crippen molar-refractivity contribution in [1.82, 2.24) is 16.1 Å². The standard InChI is InChI=1S/C25H36N3O9P/c1-4-7-8-9-18(17(5-2)24(30)28-32)23(29)26-15-27-25(31)20-12-11-19(37-20)16-10-13-22(38(33,34)35)21(14-16)36-6-3/h10-14,17-18,32H,4-9,15H2,1-3H3,(H,26,29)(H,27,31)(H,28,30)(H2,33,34,35)/t17-,18-/m1/s1. The average Bonchev–Trinajstić information content (AvgIpc) is 3.38. The number of benzene rings is 1. The summed E-state index contributed by atoms with van der Waals surface area (Å²) in [6.45, 7) is 5.45. The van der Waals surface area contributed by atoms with Crippen LogP contribution in [-0.4, -0.2) is 46.0 Å². The first kappa shape index (κ1) is 31.0. The van der Waals surface area contributed by atoms with Crippen LogP contribution in [0.2, 0.25) is 0 Å². The van der Waals surface area contributed by atoms with Crippen LogP contribution in [0.5, 0.6) is 5.75 Å². The predicted molar refractivity (Wildman–Crippen MR) is 139 cm³/mol. The highest BCUT2D eigenvalue weighted by molar-refractivity contribution is 7.60. The molecule has 0 spiro atoms. The second kappa shape index (κ2) is 14.7. The average molecular weight is 554 g/mol. The number of nitrogens with one attached hydrogen (secondary N) is 3. The van der Waals surface area contributed by atoms with E-state index in [1.807, 2.05) is 6.92 Å². The van der Waals surface area contributed by atoms with E-state index in [2.05, 4.69) is 10.6 Å². The Hall–Kier alpha value is -3.18. The molecule has 0 saturated heterocycles. The molecule has 38 heavy (non-hydrogen) atoms. The summed E-state index contributed by atoms with van der Waals surface area (Å²) in [5.74, 6) is -2.78. The first-order valence-electron chi connectivity index (χ1n) is 12.5. The number of carbonyl (C=O) groups excluding carboxylic acids is 3. The highest BCUT2D eigenvalue weighted by atomic mass is 31.2. The molecular formula is C25H36N3O9P. The fourth-order valence-corrected chi connectivity index (χ4v) is 4.77. The van der Waals surface area contributed by atoms with Crippen molar-refractivity contribution in [3.8, 4) is 17.1 Å². The highest BCUT2D eigenvalue weighted by Crippen LogP contribution is 2.39. The van der Waals surface area contributed by atoms with Crippen LogP contribution < -0.4 is 26.2 Å². The van der Waals surface area contributed by atoms with Gasteiger partial charge in [0.25, 0.3) is 5.91 Å². The summed E-state index contributed by atoms with van der Waals surface area (Å²) in [6, 6.07) is 7.07. The number of unbranched alkanes of at least 4 members (excludes halogenated alkanes) is 2. The van der Waals surface area contributed by atoms with Gasteiger partial charge in [0.15, 0.2) is 5.76 Å².